The summed E-state index contributed by atoms with van der Waals surface area (Å²) in [5, 5.41) is 9.70. The zero-order valence-corrected chi connectivity index (χ0v) is 21.1. The Balaban J connectivity index is 1.72. The van der Waals surface area contributed by atoms with E-state index in [4.69, 9.17) is 21.1 Å². The maximum atomic E-state index is 14.3. The molecule has 5 atom stereocenters. The van der Waals surface area contributed by atoms with Crippen molar-refractivity contribution in [2.45, 2.75) is 49.9 Å². The van der Waals surface area contributed by atoms with Crippen LogP contribution in [0.25, 0.3) is 0 Å². The fourth-order valence-corrected chi connectivity index (χ4v) is 6.17. The Hall–Kier alpha value is -2.68. The van der Waals surface area contributed by atoms with Crippen molar-refractivity contribution in [3.05, 3.63) is 54.6 Å². The molecule has 3 saturated heterocycles. The Morgan fingerprint density at radius 2 is 2.06 bits per heavy atom. The molecule has 36 heavy (non-hydrogen) atoms. The molecule has 0 saturated carbocycles. The van der Waals surface area contributed by atoms with E-state index in [9.17, 15) is 19.5 Å². The van der Waals surface area contributed by atoms with Gasteiger partial charge in [0, 0.05) is 19.7 Å². The number of benzene rings is 1. The molecule has 2 amide bonds. The van der Waals surface area contributed by atoms with Crippen LogP contribution >= 0.6 is 11.6 Å². The zero-order valence-electron chi connectivity index (χ0n) is 20.3. The van der Waals surface area contributed by atoms with Gasteiger partial charge >= 0.3 is 5.97 Å². The Morgan fingerprint density at radius 1 is 1.28 bits per heavy atom. The molecule has 3 heterocycles. The first-order valence-electron chi connectivity index (χ1n) is 12.4. The van der Waals surface area contributed by atoms with Crippen LogP contribution in [0.2, 0.25) is 5.02 Å². The number of hydrogen-bond donors (Lipinski definition) is 1. The third kappa shape index (κ3) is 4.46. The largest absolute Gasteiger partial charge is 0.465 e. The smallest absolute Gasteiger partial charge is 0.312 e. The van der Waals surface area contributed by atoms with Gasteiger partial charge in [0.2, 0.25) is 5.91 Å². The van der Waals surface area contributed by atoms with Crippen LogP contribution in [0, 0.1) is 11.8 Å². The highest BCUT2D eigenvalue weighted by atomic mass is 35.5. The Kier molecular flexibility index (Phi) is 8.17. The molecule has 3 aliphatic heterocycles. The van der Waals surface area contributed by atoms with Crippen molar-refractivity contribution in [1.82, 2.24) is 4.90 Å². The highest BCUT2D eigenvalue weighted by Crippen LogP contribution is 2.59. The minimum absolute atomic E-state index is 0.0196. The number of ether oxygens (including phenoxy) is 2. The summed E-state index contributed by atoms with van der Waals surface area (Å²) in [5.41, 5.74) is -0.611. The van der Waals surface area contributed by atoms with E-state index in [0.717, 1.165) is 0 Å². The minimum Gasteiger partial charge on any atom is -0.465 e. The molecule has 1 aromatic rings. The van der Waals surface area contributed by atoms with Gasteiger partial charge in [0.15, 0.2) is 0 Å². The second-order valence-electron chi connectivity index (χ2n) is 9.45. The standard InChI is InChI=1S/C27H33ClN2O6/c1-3-5-17-35-26(34)21-20-12-13-27(36-20)22(21)24(32)30(15-8-9-16-31)23(27)25(33)29(14-4-2)19-11-7-6-10-18(19)28/h3-4,6-7,10-11,20-23,31H,1-2,5,8-9,12-17H2/t20-,21+,22+,23?,27?/m1/s1. The fourth-order valence-electron chi connectivity index (χ4n) is 5.93. The van der Waals surface area contributed by atoms with Crippen LogP contribution in [-0.4, -0.2) is 71.8 Å². The molecule has 2 unspecified atom stereocenters. The van der Waals surface area contributed by atoms with E-state index in [1.807, 2.05) is 0 Å². The van der Waals surface area contributed by atoms with Gasteiger partial charge in [-0.25, -0.2) is 0 Å². The van der Waals surface area contributed by atoms with Gasteiger partial charge in [-0.2, -0.15) is 0 Å². The number of rotatable bonds is 12. The van der Waals surface area contributed by atoms with Crippen molar-refractivity contribution >= 4 is 35.1 Å². The maximum absolute atomic E-state index is 14.3. The van der Waals surface area contributed by atoms with E-state index in [1.165, 1.54) is 4.90 Å². The predicted molar refractivity (Wildman–Crippen MR) is 135 cm³/mol. The van der Waals surface area contributed by atoms with Gasteiger partial charge in [-0.15, -0.1) is 13.2 Å². The van der Waals surface area contributed by atoms with Gasteiger partial charge < -0.3 is 24.4 Å². The van der Waals surface area contributed by atoms with Crippen molar-refractivity contribution in [2.24, 2.45) is 11.8 Å². The van der Waals surface area contributed by atoms with E-state index in [1.54, 1.807) is 41.3 Å². The minimum atomic E-state index is -1.12. The molecule has 0 radical (unpaired) electrons. The SMILES string of the molecule is C=CCCOC(=O)[C@@H]1[C@H]2C(=O)N(CCCCO)C(C(=O)N(CC=C)c3ccccc3Cl)C23CC[C@H]1O3. The lowest BCUT2D eigenvalue weighted by Crippen LogP contribution is -2.56. The molecule has 8 nitrogen and oxygen atoms in total. The third-order valence-electron chi connectivity index (χ3n) is 7.40. The highest BCUT2D eigenvalue weighted by molar-refractivity contribution is 6.34. The van der Waals surface area contributed by atoms with Gasteiger partial charge in [-0.1, -0.05) is 35.9 Å². The van der Waals surface area contributed by atoms with Gasteiger partial charge in [-0.3, -0.25) is 14.4 Å². The number of hydrogen-bond acceptors (Lipinski definition) is 6. The highest BCUT2D eigenvalue weighted by Gasteiger charge is 2.75. The molecular weight excluding hydrogens is 484 g/mol. The average molecular weight is 517 g/mol. The van der Waals surface area contributed by atoms with Gasteiger partial charge in [0.05, 0.1) is 35.3 Å². The molecule has 0 aliphatic carbocycles. The molecule has 4 rings (SSSR count). The van der Waals surface area contributed by atoms with Crippen molar-refractivity contribution in [3.63, 3.8) is 0 Å². The Bertz CT molecular complexity index is 1030. The lowest BCUT2D eigenvalue weighted by Gasteiger charge is -2.37. The second kappa shape index (κ2) is 11.2. The van der Waals surface area contributed by atoms with Gasteiger partial charge in [0.1, 0.15) is 11.6 Å². The van der Waals surface area contributed by atoms with Crippen LogP contribution < -0.4 is 4.90 Å². The van der Waals surface area contributed by atoms with Crippen LogP contribution in [-0.2, 0) is 23.9 Å². The average Bonchev–Trinajstić information content (AvgIpc) is 3.51. The number of carbonyl (C=O) groups excluding carboxylic acids is 3. The van der Waals surface area contributed by atoms with Gasteiger partial charge in [0.25, 0.3) is 5.91 Å². The van der Waals surface area contributed by atoms with Gasteiger partial charge in [-0.05, 0) is 44.2 Å². The van der Waals surface area contributed by atoms with E-state index in [2.05, 4.69) is 13.2 Å². The number of esters is 1. The number of unbranched alkanes of at least 4 members (excludes halogenated alkanes) is 1. The summed E-state index contributed by atoms with van der Waals surface area (Å²) >= 11 is 6.45. The fraction of sp³-hybridized carbons (Fsp3) is 0.519. The van der Waals surface area contributed by atoms with E-state index in [0.29, 0.717) is 42.8 Å². The maximum Gasteiger partial charge on any atom is 0.312 e. The summed E-state index contributed by atoms with van der Waals surface area (Å²) in [6.45, 7) is 8.06. The van der Waals surface area contributed by atoms with Crippen molar-refractivity contribution < 1.29 is 29.0 Å². The molecule has 0 aromatic heterocycles. The normalized spacial score (nSPS) is 28.2. The zero-order chi connectivity index (χ0) is 25.9. The number of aliphatic hydroxyl groups is 1. The number of carbonyl (C=O) groups is 3. The second-order valence-corrected chi connectivity index (χ2v) is 9.86. The number of anilines is 1. The number of amides is 2. The molecule has 3 fully saturated rings. The van der Waals surface area contributed by atoms with Crippen LogP contribution in [0.5, 0.6) is 0 Å². The summed E-state index contributed by atoms with van der Waals surface area (Å²) in [7, 11) is 0. The summed E-state index contributed by atoms with van der Waals surface area (Å²) < 4.78 is 11.9. The number of nitrogens with zero attached hydrogens (tertiary/aromatic N) is 2. The number of aliphatic hydroxyl groups excluding tert-OH is 1. The molecule has 1 spiro atoms. The van der Waals surface area contributed by atoms with Crippen LogP contribution in [0.1, 0.15) is 32.1 Å². The number of likely N-dealkylation sites (tertiary alicyclic amines) is 1. The lowest BCUT2D eigenvalue weighted by atomic mass is 9.70. The van der Waals surface area contributed by atoms with E-state index >= 15 is 0 Å². The topological polar surface area (TPSA) is 96.4 Å². The molecule has 3 aliphatic rings. The first kappa shape index (κ1) is 26.4. The van der Waals surface area contributed by atoms with Crippen LogP contribution in [0.4, 0.5) is 5.69 Å². The first-order valence-corrected chi connectivity index (χ1v) is 12.8. The van der Waals surface area contributed by atoms with Crippen LogP contribution in [0.15, 0.2) is 49.6 Å². The lowest BCUT2D eigenvalue weighted by molar-refractivity contribution is -0.155. The molecule has 1 N–H and O–H groups in total. The summed E-state index contributed by atoms with van der Waals surface area (Å²) in [6, 6.07) is 6.09. The molecule has 2 bridgehead atoms. The first-order chi connectivity index (χ1) is 17.4. The summed E-state index contributed by atoms with van der Waals surface area (Å²) in [4.78, 5) is 44.3. The molecule has 194 valence electrons. The third-order valence-corrected chi connectivity index (χ3v) is 7.72. The Morgan fingerprint density at radius 3 is 2.75 bits per heavy atom. The number of fused-ring (bicyclic) bond motifs is 1. The monoisotopic (exact) mass is 516 g/mol. The number of para-hydroxylation sites is 1. The summed E-state index contributed by atoms with van der Waals surface area (Å²) in [5.74, 6) is -2.64. The Labute approximate surface area is 216 Å². The summed E-state index contributed by atoms with van der Waals surface area (Å²) in [6.07, 6.45) is 5.35. The van der Waals surface area contributed by atoms with Crippen molar-refractivity contribution in [2.75, 3.05) is 31.2 Å². The van der Waals surface area contributed by atoms with E-state index < -0.39 is 35.6 Å². The van der Waals surface area contributed by atoms with E-state index in [-0.39, 0.29) is 38.1 Å². The molecule has 9 heteroatoms. The molecular formula is C27H33ClN2O6. The van der Waals surface area contributed by atoms with Crippen molar-refractivity contribution in [1.29, 1.82) is 0 Å². The molecule has 1 aromatic carbocycles. The quantitative estimate of drug-likeness (QED) is 0.260. The van der Waals surface area contributed by atoms with Crippen molar-refractivity contribution in [3.8, 4) is 0 Å². The van der Waals surface area contributed by atoms with Crippen LogP contribution in [0.3, 0.4) is 0 Å². The predicted octanol–water partition coefficient (Wildman–Crippen LogP) is 3.13. The number of halogens is 1.